The highest BCUT2D eigenvalue weighted by Crippen LogP contribution is 2.16. The molecule has 0 heterocycles. The van der Waals surface area contributed by atoms with Gasteiger partial charge < -0.3 is 10.1 Å². The molecule has 0 aliphatic carbocycles. The van der Waals surface area contributed by atoms with Gasteiger partial charge in [-0.25, -0.2) is 4.39 Å². The van der Waals surface area contributed by atoms with Crippen molar-refractivity contribution in [1.29, 1.82) is 0 Å². The minimum Gasteiger partial charge on any atom is -0.380 e. The Labute approximate surface area is 103 Å². The molecule has 0 saturated carbocycles. The maximum atomic E-state index is 13.1. The van der Waals surface area contributed by atoms with Crippen LogP contribution in [-0.2, 0) is 11.2 Å². The second-order valence-electron chi connectivity index (χ2n) is 4.23. The zero-order chi connectivity index (χ0) is 12.7. The molecule has 1 rings (SSSR count). The molecule has 0 aliphatic rings. The van der Waals surface area contributed by atoms with Gasteiger partial charge >= 0.3 is 0 Å². The van der Waals surface area contributed by atoms with Gasteiger partial charge in [0.15, 0.2) is 0 Å². The fourth-order valence-electron chi connectivity index (χ4n) is 1.93. The second kappa shape index (κ2) is 7.41. The van der Waals surface area contributed by atoms with E-state index >= 15 is 0 Å². The van der Waals surface area contributed by atoms with Crippen molar-refractivity contribution in [2.75, 3.05) is 26.3 Å². The van der Waals surface area contributed by atoms with E-state index in [1.165, 1.54) is 5.56 Å². The summed E-state index contributed by atoms with van der Waals surface area (Å²) in [6.07, 6.45) is 0.851. The van der Waals surface area contributed by atoms with Gasteiger partial charge in [-0.1, -0.05) is 6.92 Å². The first-order chi connectivity index (χ1) is 8.15. The summed E-state index contributed by atoms with van der Waals surface area (Å²) in [5.41, 5.74) is 3.23. The molecule has 0 radical (unpaired) electrons. The van der Waals surface area contributed by atoms with Gasteiger partial charge in [0.25, 0.3) is 0 Å². The van der Waals surface area contributed by atoms with Crippen LogP contribution in [0.5, 0.6) is 0 Å². The maximum Gasteiger partial charge on any atom is 0.123 e. The lowest BCUT2D eigenvalue weighted by Crippen LogP contribution is -2.19. The fourth-order valence-corrected chi connectivity index (χ4v) is 1.93. The number of nitrogens with one attached hydrogen (secondary N) is 1. The molecule has 0 amide bonds. The van der Waals surface area contributed by atoms with Crippen LogP contribution in [0.3, 0.4) is 0 Å². The first-order valence-corrected chi connectivity index (χ1v) is 6.19. The van der Waals surface area contributed by atoms with E-state index in [1.54, 1.807) is 12.1 Å². The van der Waals surface area contributed by atoms with Gasteiger partial charge in [-0.2, -0.15) is 0 Å². The average molecular weight is 239 g/mol. The van der Waals surface area contributed by atoms with Crippen molar-refractivity contribution in [1.82, 2.24) is 5.32 Å². The molecule has 0 spiro atoms. The first kappa shape index (κ1) is 14.1. The van der Waals surface area contributed by atoms with Crippen molar-refractivity contribution >= 4 is 0 Å². The molecule has 0 saturated heterocycles. The zero-order valence-electron chi connectivity index (χ0n) is 11.0. The Bertz CT molecular complexity index is 329. The highest BCUT2D eigenvalue weighted by Gasteiger charge is 2.04. The number of likely N-dealkylation sites (N-methyl/N-ethyl adjacent to an activating group) is 1. The predicted octanol–water partition coefficient (Wildman–Crippen LogP) is 2.61. The van der Waals surface area contributed by atoms with Crippen LogP contribution in [-0.4, -0.2) is 26.3 Å². The Morgan fingerprint density at radius 2 is 1.82 bits per heavy atom. The van der Waals surface area contributed by atoms with Crippen molar-refractivity contribution in [3.8, 4) is 0 Å². The van der Waals surface area contributed by atoms with Crippen LogP contribution < -0.4 is 5.32 Å². The van der Waals surface area contributed by atoms with Crippen LogP contribution in [0.2, 0.25) is 0 Å². The van der Waals surface area contributed by atoms with E-state index in [0.717, 1.165) is 37.2 Å². The Morgan fingerprint density at radius 3 is 2.41 bits per heavy atom. The minimum atomic E-state index is -0.156. The first-order valence-electron chi connectivity index (χ1n) is 6.19. The van der Waals surface area contributed by atoms with Crippen LogP contribution in [0.4, 0.5) is 4.39 Å². The Morgan fingerprint density at radius 1 is 1.18 bits per heavy atom. The third-order valence-electron chi connectivity index (χ3n) is 2.83. The lowest BCUT2D eigenvalue weighted by Gasteiger charge is -2.10. The Balaban J connectivity index is 2.36. The third-order valence-corrected chi connectivity index (χ3v) is 2.83. The van der Waals surface area contributed by atoms with Crippen molar-refractivity contribution in [3.63, 3.8) is 0 Å². The number of hydrogen-bond acceptors (Lipinski definition) is 2. The molecule has 0 aromatic heterocycles. The number of aryl methyl sites for hydroxylation is 2. The summed E-state index contributed by atoms with van der Waals surface area (Å²) < 4.78 is 18.6. The van der Waals surface area contributed by atoms with E-state index in [0.29, 0.717) is 6.61 Å². The van der Waals surface area contributed by atoms with E-state index in [-0.39, 0.29) is 5.82 Å². The van der Waals surface area contributed by atoms with Gasteiger partial charge in [-0.05, 0) is 55.6 Å². The third kappa shape index (κ3) is 4.84. The summed E-state index contributed by atoms with van der Waals surface area (Å²) in [7, 11) is 0. The van der Waals surface area contributed by atoms with Crippen molar-refractivity contribution < 1.29 is 9.13 Å². The summed E-state index contributed by atoms with van der Waals surface area (Å²) in [4.78, 5) is 0. The fraction of sp³-hybridized carbons (Fsp3) is 0.571. The quantitative estimate of drug-likeness (QED) is 0.738. The number of ether oxygens (including phenoxy) is 1. The molecule has 1 N–H and O–H groups in total. The summed E-state index contributed by atoms with van der Waals surface area (Å²) in [5, 5.41) is 3.20. The van der Waals surface area contributed by atoms with Gasteiger partial charge in [0.05, 0.1) is 13.2 Å². The van der Waals surface area contributed by atoms with Gasteiger partial charge in [0, 0.05) is 6.54 Å². The van der Waals surface area contributed by atoms with E-state index in [4.69, 9.17) is 4.74 Å². The average Bonchev–Trinajstić information content (AvgIpc) is 2.26. The second-order valence-corrected chi connectivity index (χ2v) is 4.23. The number of hydrogen-bond donors (Lipinski definition) is 1. The summed E-state index contributed by atoms with van der Waals surface area (Å²) in [6.45, 7) is 9.25. The number of rotatable bonds is 7. The minimum absolute atomic E-state index is 0.156. The van der Waals surface area contributed by atoms with Gasteiger partial charge in [0.2, 0.25) is 0 Å². The molecule has 0 aliphatic heterocycles. The molecular formula is C14H22FNO. The van der Waals surface area contributed by atoms with E-state index in [2.05, 4.69) is 12.2 Å². The molecule has 96 valence electrons. The summed E-state index contributed by atoms with van der Waals surface area (Å²) >= 11 is 0. The standard InChI is InChI=1S/C14H22FNO/c1-4-16-6-8-17-7-5-14-11(2)9-13(15)10-12(14)3/h9-10,16H,4-8H2,1-3H3. The van der Waals surface area contributed by atoms with Gasteiger partial charge in [-0.15, -0.1) is 0 Å². The predicted molar refractivity (Wildman–Crippen MR) is 68.9 cm³/mol. The van der Waals surface area contributed by atoms with Crippen molar-refractivity contribution in [2.45, 2.75) is 27.2 Å². The van der Waals surface area contributed by atoms with E-state index < -0.39 is 0 Å². The zero-order valence-corrected chi connectivity index (χ0v) is 11.0. The van der Waals surface area contributed by atoms with Gasteiger partial charge in [-0.3, -0.25) is 0 Å². The summed E-state index contributed by atoms with van der Waals surface area (Å²) in [5.74, 6) is -0.156. The molecule has 1 aromatic carbocycles. The SMILES string of the molecule is CCNCCOCCc1c(C)cc(F)cc1C. The lowest BCUT2D eigenvalue weighted by molar-refractivity contribution is 0.139. The van der Waals surface area contributed by atoms with Gasteiger partial charge in [0.1, 0.15) is 5.82 Å². The smallest absolute Gasteiger partial charge is 0.123 e. The molecule has 0 unspecified atom stereocenters. The van der Waals surface area contributed by atoms with Crippen LogP contribution in [0.1, 0.15) is 23.6 Å². The summed E-state index contributed by atoms with van der Waals surface area (Å²) in [6, 6.07) is 3.17. The van der Waals surface area contributed by atoms with Crippen LogP contribution in [0.25, 0.3) is 0 Å². The highest BCUT2D eigenvalue weighted by molar-refractivity contribution is 5.34. The Hall–Kier alpha value is -0.930. The van der Waals surface area contributed by atoms with Crippen molar-refractivity contribution in [2.24, 2.45) is 0 Å². The number of benzene rings is 1. The molecule has 0 fully saturated rings. The maximum absolute atomic E-state index is 13.1. The van der Waals surface area contributed by atoms with Crippen LogP contribution >= 0.6 is 0 Å². The molecule has 0 atom stereocenters. The lowest BCUT2D eigenvalue weighted by atomic mass is 10.0. The molecular weight excluding hydrogens is 217 g/mol. The van der Waals surface area contributed by atoms with Crippen molar-refractivity contribution in [3.05, 3.63) is 34.6 Å². The monoisotopic (exact) mass is 239 g/mol. The Kier molecular flexibility index (Phi) is 6.16. The van der Waals surface area contributed by atoms with Crippen LogP contribution in [0, 0.1) is 19.7 Å². The highest BCUT2D eigenvalue weighted by atomic mass is 19.1. The van der Waals surface area contributed by atoms with E-state index in [9.17, 15) is 4.39 Å². The normalized spacial score (nSPS) is 10.8. The van der Waals surface area contributed by atoms with E-state index in [1.807, 2.05) is 13.8 Å². The number of halogens is 1. The topological polar surface area (TPSA) is 21.3 Å². The molecule has 17 heavy (non-hydrogen) atoms. The molecule has 2 nitrogen and oxygen atoms in total. The molecule has 1 aromatic rings. The molecule has 3 heteroatoms. The largest absolute Gasteiger partial charge is 0.380 e. The molecule has 0 bridgehead atoms. The van der Waals surface area contributed by atoms with Crippen LogP contribution in [0.15, 0.2) is 12.1 Å².